The Hall–Kier alpha value is -2.68. The molecule has 140 valence electrons. The maximum absolute atomic E-state index is 12.4. The van der Waals surface area contributed by atoms with Gasteiger partial charge in [0.1, 0.15) is 11.6 Å². The molecule has 1 fully saturated rings. The first-order valence-electron chi connectivity index (χ1n) is 8.64. The first-order valence-corrected chi connectivity index (χ1v) is 8.64. The van der Waals surface area contributed by atoms with E-state index >= 15 is 0 Å². The number of imidazole rings is 1. The average molecular weight is 359 g/mol. The number of hydrogen-bond donors (Lipinski definition) is 2. The largest absolute Gasteiger partial charge is 0.377 e. The maximum atomic E-state index is 12.4. The summed E-state index contributed by atoms with van der Waals surface area (Å²) < 4.78 is 7.50. The summed E-state index contributed by atoms with van der Waals surface area (Å²) in [6.45, 7) is 1.31. The van der Waals surface area contributed by atoms with Crippen molar-refractivity contribution in [1.82, 2.24) is 24.8 Å². The highest BCUT2D eigenvalue weighted by atomic mass is 16.5. The van der Waals surface area contributed by atoms with Gasteiger partial charge >= 0.3 is 0 Å². The van der Waals surface area contributed by atoms with Gasteiger partial charge in [0, 0.05) is 65.7 Å². The van der Waals surface area contributed by atoms with Gasteiger partial charge < -0.3 is 24.8 Å². The number of nitrogens with zero attached hydrogens (tertiary/aromatic N) is 5. The number of anilines is 2. The minimum atomic E-state index is -0.0832. The zero-order valence-corrected chi connectivity index (χ0v) is 15.3. The van der Waals surface area contributed by atoms with Crippen LogP contribution in [0.25, 0.3) is 0 Å². The molecular formula is C17H25N7O2. The molecule has 26 heavy (non-hydrogen) atoms. The number of ether oxygens (including phenoxy) is 1. The topological polar surface area (TPSA) is 97.2 Å². The molecule has 2 aromatic rings. The molecule has 2 atom stereocenters. The number of aromatic nitrogens is 4. The summed E-state index contributed by atoms with van der Waals surface area (Å²) in [5.74, 6) is 2.28. The molecular weight excluding hydrogens is 334 g/mol. The molecule has 0 unspecified atom stereocenters. The number of carbonyl (C=O) groups is 1. The van der Waals surface area contributed by atoms with Crippen LogP contribution in [-0.4, -0.2) is 64.8 Å². The highest BCUT2D eigenvalue weighted by Crippen LogP contribution is 2.21. The number of carbonyl (C=O) groups excluding carboxylic acids is 1. The van der Waals surface area contributed by atoms with E-state index in [0.29, 0.717) is 31.9 Å². The van der Waals surface area contributed by atoms with Crippen LogP contribution >= 0.6 is 0 Å². The van der Waals surface area contributed by atoms with Crippen LogP contribution in [0.3, 0.4) is 0 Å². The molecule has 1 aliphatic heterocycles. The summed E-state index contributed by atoms with van der Waals surface area (Å²) in [5, 5.41) is 6.02. The summed E-state index contributed by atoms with van der Waals surface area (Å²) in [7, 11) is 5.38. The van der Waals surface area contributed by atoms with Gasteiger partial charge in [-0.2, -0.15) is 4.98 Å². The second-order valence-electron chi connectivity index (χ2n) is 6.30. The number of methoxy groups -OCH3 is 1. The van der Waals surface area contributed by atoms with Crippen molar-refractivity contribution in [3.05, 3.63) is 30.5 Å². The third-order valence-corrected chi connectivity index (χ3v) is 4.60. The van der Waals surface area contributed by atoms with Gasteiger partial charge in [-0.1, -0.05) is 0 Å². The van der Waals surface area contributed by atoms with Crippen LogP contribution in [-0.2, 0) is 23.0 Å². The van der Waals surface area contributed by atoms with E-state index in [9.17, 15) is 4.79 Å². The Balaban J connectivity index is 1.58. The second-order valence-corrected chi connectivity index (χ2v) is 6.30. The summed E-state index contributed by atoms with van der Waals surface area (Å²) >= 11 is 0. The molecule has 1 amide bonds. The van der Waals surface area contributed by atoms with Crippen LogP contribution in [0.5, 0.6) is 0 Å². The minimum Gasteiger partial charge on any atom is -0.377 e. The van der Waals surface area contributed by atoms with Gasteiger partial charge in [0.25, 0.3) is 0 Å². The molecule has 1 saturated heterocycles. The van der Waals surface area contributed by atoms with Gasteiger partial charge in [0.05, 0.1) is 12.1 Å². The quantitative estimate of drug-likeness (QED) is 0.729. The van der Waals surface area contributed by atoms with E-state index in [-0.39, 0.29) is 18.1 Å². The zero-order valence-electron chi connectivity index (χ0n) is 15.3. The summed E-state index contributed by atoms with van der Waals surface area (Å²) in [5.41, 5.74) is 0. The molecule has 0 saturated carbocycles. The van der Waals surface area contributed by atoms with Crippen LogP contribution in [0.1, 0.15) is 12.2 Å². The monoisotopic (exact) mass is 359 g/mol. The van der Waals surface area contributed by atoms with Crippen molar-refractivity contribution in [2.24, 2.45) is 7.05 Å². The van der Waals surface area contributed by atoms with Gasteiger partial charge in [-0.05, 0) is 6.07 Å². The number of rotatable bonds is 7. The Labute approximate surface area is 152 Å². The van der Waals surface area contributed by atoms with Gasteiger partial charge in [0.2, 0.25) is 11.9 Å². The average Bonchev–Trinajstić information content (AvgIpc) is 3.26. The van der Waals surface area contributed by atoms with Crippen molar-refractivity contribution in [3.63, 3.8) is 0 Å². The lowest BCUT2D eigenvalue weighted by atomic mass is 10.2. The first kappa shape index (κ1) is 18.1. The number of aryl methyl sites for hydroxylation is 2. The minimum absolute atomic E-state index is 0.000464. The van der Waals surface area contributed by atoms with Crippen LogP contribution in [0.2, 0.25) is 0 Å². The normalized spacial score (nSPS) is 19.6. The van der Waals surface area contributed by atoms with Crippen LogP contribution in [0.15, 0.2) is 24.7 Å². The summed E-state index contributed by atoms with van der Waals surface area (Å²) in [4.78, 5) is 27.3. The number of hydrogen-bond acceptors (Lipinski definition) is 7. The Morgan fingerprint density at radius 1 is 1.35 bits per heavy atom. The van der Waals surface area contributed by atoms with E-state index in [1.807, 2.05) is 23.9 Å². The van der Waals surface area contributed by atoms with Crippen LogP contribution < -0.4 is 15.5 Å². The van der Waals surface area contributed by atoms with E-state index < -0.39 is 0 Å². The molecule has 3 heterocycles. The summed E-state index contributed by atoms with van der Waals surface area (Å²) in [6.07, 6.45) is 6.26. The van der Waals surface area contributed by atoms with E-state index in [0.717, 1.165) is 11.6 Å². The van der Waals surface area contributed by atoms with E-state index in [2.05, 4.69) is 30.5 Å². The fourth-order valence-corrected chi connectivity index (χ4v) is 3.13. The molecule has 9 heteroatoms. The molecule has 9 nitrogen and oxygen atoms in total. The lowest BCUT2D eigenvalue weighted by Gasteiger charge is -2.18. The Morgan fingerprint density at radius 2 is 2.19 bits per heavy atom. The molecule has 0 aromatic carbocycles. The smallest absolute Gasteiger partial charge is 0.224 e. The molecule has 2 N–H and O–H groups in total. The number of nitrogens with one attached hydrogen (secondary N) is 2. The molecule has 1 aliphatic rings. The van der Waals surface area contributed by atoms with Crippen molar-refractivity contribution in [3.8, 4) is 0 Å². The van der Waals surface area contributed by atoms with Crippen molar-refractivity contribution in [2.45, 2.75) is 25.0 Å². The fourth-order valence-electron chi connectivity index (χ4n) is 3.13. The zero-order chi connectivity index (χ0) is 18.5. The van der Waals surface area contributed by atoms with Gasteiger partial charge in [-0.15, -0.1) is 0 Å². The van der Waals surface area contributed by atoms with Gasteiger partial charge in [-0.3, -0.25) is 4.79 Å². The Morgan fingerprint density at radius 3 is 2.88 bits per heavy atom. The van der Waals surface area contributed by atoms with Crippen molar-refractivity contribution < 1.29 is 9.53 Å². The molecule has 0 spiro atoms. The Kier molecular flexibility index (Phi) is 5.67. The van der Waals surface area contributed by atoms with Crippen molar-refractivity contribution >= 4 is 17.7 Å². The molecule has 0 aliphatic carbocycles. The lowest BCUT2D eigenvalue weighted by Crippen LogP contribution is -2.43. The molecule has 0 bridgehead atoms. The van der Waals surface area contributed by atoms with Gasteiger partial charge in [-0.25, -0.2) is 9.97 Å². The highest BCUT2D eigenvalue weighted by Gasteiger charge is 2.34. The fraction of sp³-hybridized carbons (Fsp3) is 0.529. The predicted octanol–water partition coefficient (Wildman–Crippen LogP) is 0.204. The molecule has 3 rings (SSSR count). The second kappa shape index (κ2) is 8.13. The van der Waals surface area contributed by atoms with E-state index in [1.54, 1.807) is 26.6 Å². The maximum Gasteiger partial charge on any atom is 0.224 e. The van der Waals surface area contributed by atoms with Crippen molar-refractivity contribution in [2.75, 3.05) is 37.5 Å². The lowest BCUT2D eigenvalue weighted by molar-refractivity contribution is -0.122. The third-order valence-electron chi connectivity index (χ3n) is 4.60. The highest BCUT2D eigenvalue weighted by molar-refractivity contribution is 5.76. The first-order chi connectivity index (χ1) is 12.6. The molecule has 2 aromatic heterocycles. The Bertz CT molecular complexity index is 748. The van der Waals surface area contributed by atoms with Crippen molar-refractivity contribution in [1.29, 1.82) is 0 Å². The predicted molar refractivity (Wildman–Crippen MR) is 98.0 cm³/mol. The van der Waals surface area contributed by atoms with E-state index in [4.69, 9.17) is 4.74 Å². The molecule has 0 radical (unpaired) electrons. The van der Waals surface area contributed by atoms with E-state index in [1.165, 1.54) is 0 Å². The standard InChI is InChI=1S/C17H25N7O2/c1-18-17-20-7-6-15(22-17)24-10-12(13(11-24)26-3)21-16(25)5-4-14-19-8-9-23(14)2/h6-9,12-13H,4-5,10-11H2,1-3H3,(H,21,25)(H,18,20,22)/t12-,13+/m1/s1. The summed E-state index contributed by atoms with van der Waals surface area (Å²) in [6, 6.07) is 1.78. The SMILES string of the molecule is CNc1nccc(N2C[C@H](OC)[C@H](NC(=O)CCc3nccn3C)C2)n1. The number of amides is 1. The van der Waals surface area contributed by atoms with Crippen LogP contribution in [0, 0.1) is 0 Å². The third kappa shape index (κ3) is 4.10. The van der Waals surface area contributed by atoms with Gasteiger partial charge in [0.15, 0.2) is 0 Å². The van der Waals surface area contributed by atoms with Crippen LogP contribution in [0.4, 0.5) is 11.8 Å².